The predicted octanol–water partition coefficient (Wildman–Crippen LogP) is 12.1. The van der Waals surface area contributed by atoms with Crippen LogP contribution in [0.1, 0.15) is 17.3 Å². The molecule has 1 saturated heterocycles. The van der Waals surface area contributed by atoms with E-state index < -0.39 is 37.3 Å². The van der Waals surface area contributed by atoms with Crippen LogP contribution in [0.4, 0.5) is 0 Å². The van der Waals surface area contributed by atoms with Crippen LogP contribution in [0.15, 0.2) is 66.7 Å². The monoisotopic (exact) mass is 845 g/mol. The summed E-state index contributed by atoms with van der Waals surface area (Å²) in [5, 5.41) is 0. The summed E-state index contributed by atoms with van der Waals surface area (Å²) >= 11 is 99.2. The zero-order chi connectivity index (χ0) is 30.5. The Balaban J connectivity index is 2.63. The van der Waals surface area contributed by atoms with Gasteiger partial charge in [-0.25, -0.2) is 14.7 Å². The maximum absolute atomic E-state index is 6.76. The van der Waals surface area contributed by atoms with Gasteiger partial charge in [-0.1, -0.05) is 241 Å². The third kappa shape index (κ3) is 7.85. The van der Waals surface area contributed by atoms with E-state index in [0.717, 1.165) is 14.7 Å². The molecule has 0 N–H and O–H groups in total. The molecule has 222 valence electrons. The van der Waals surface area contributed by atoms with Gasteiger partial charge in [0.2, 0.25) is 7.59 Å². The van der Waals surface area contributed by atoms with Crippen molar-refractivity contribution in [2.24, 2.45) is 0 Å². The molecule has 0 aromatic heterocycles. The summed E-state index contributed by atoms with van der Waals surface area (Å²) < 4.78 is -12.4. The van der Waals surface area contributed by atoms with Crippen LogP contribution in [0.2, 0.25) is 0 Å². The Hall–Kier alpha value is 2.41. The third-order valence-electron chi connectivity index (χ3n) is 5.71. The van der Waals surface area contributed by atoms with E-state index in [1.807, 2.05) is 0 Å². The average molecular weight is 852 g/mol. The lowest BCUT2D eigenvalue weighted by atomic mass is 9.97. The fraction of sp³-hybridized carbons (Fsp3) is 0.364. The molecule has 0 aliphatic carbocycles. The zero-order valence-electron chi connectivity index (χ0n) is 19.1. The van der Waals surface area contributed by atoms with Crippen LogP contribution in [0, 0.1) is 0 Å². The lowest BCUT2D eigenvalue weighted by Gasteiger charge is -2.68. The first-order chi connectivity index (χ1) is 18.0. The lowest BCUT2D eigenvalue weighted by Crippen LogP contribution is -2.84. The van der Waals surface area contributed by atoms with Gasteiger partial charge in [0.1, 0.15) is 6.17 Å². The molecular weight excluding hydrogens is 838 g/mol. The van der Waals surface area contributed by atoms with Gasteiger partial charge in [-0.2, -0.15) is 0 Å². The Kier molecular flexibility index (Phi) is 12.2. The highest BCUT2D eigenvalue weighted by atomic mass is 35.6. The van der Waals surface area contributed by atoms with Gasteiger partial charge in [0.05, 0.1) is 6.17 Å². The highest BCUT2D eigenvalue weighted by molar-refractivity contribution is 6.72. The van der Waals surface area contributed by atoms with Crippen molar-refractivity contribution in [1.82, 2.24) is 14.7 Å². The molecule has 0 saturated carbocycles. The van der Waals surface area contributed by atoms with Gasteiger partial charge in [0.15, 0.2) is 5.66 Å². The smallest absolute Gasteiger partial charge is 0.218 e. The number of alkyl halides is 15. The molecule has 0 bridgehead atoms. The second kappa shape index (κ2) is 13.3. The Bertz CT molecular complexity index is 1170. The van der Waals surface area contributed by atoms with Crippen LogP contribution >= 0.6 is 174 Å². The van der Waals surface area contributed by atoms with Crippen molar-refractivity contribution in [3.63, 3.8) is 0 Å². The van der Waals surface area contributed by atoms with Gasteiger partial charge in [-0.05, 0) is 17.2 Å². The molecule has 3 nitrogen and oxygen atoms in total. The first kappa shape index (κ1) is 36.9. The summed E-state index contributed by atoms with van der Waals surface area (Å²) in [6.45, 7) is 0. The molecule has 1 aliphatic heterocycles. The summed E-state index contributed by atoms with van der Waals surface area (Å²) in [6.07, 6.45) is -0.311. The number of nitrogens with zero attached hydrogens (tertiary/aromatic N) is 3. The maximum Gasteiger partial charge on any atom is 0.251 e. The molecule has 18 heteroatoms. The standard InChI is InChI=1S/C22H14Cl15N3/c23-18(24,25)16-38(20(29,30)31)15(14-9-5-2-6-10-14)39(21(32,33)34)17(19(26,27)28,40(16)22(35,36)37)12-11-13-7-3-1-4-8-13/h1-12,15-16H. The van der Waals surface area contributed by atoms with Crippen LogP contribution in [0.5, 0.6) is 0 Å². The first-order valence-corrected chi connectivity index (χ1v) is 16.2. The van der Waals surface area contributed by atoms with Crippen molar-refractivity contribution in [2.75, 3.05) is 0 Å². The molecule has 0 amide bonds. The molecule has 2 aromatic carbocycles. The number of hydrogen-bond acceptors (Lipinski definition) is 3. The van der Waals surface area contributed by atoms with Crippen molar-refractivity contribution < 1.29 is 0 Å². The zero-order valence-corrected chi connectivity index (χ0v) is 30.4. The van der Waals surface area contributed by atoms with E-state index in [-0.39, 0.29) is 0 Å². The molecule has 3 rings (SSSR count). The number of halogens is 15. The average Bonchev–Trinajstić information content (AvgIpc) is 2.79. The van der Waals surface area contributed by atoms with Crippen molar-refractivity contribution >= 4 is 180 Å². The number of rotatable bonds is 3. The predicted molar refractivity (Wildman–Crippen MR) is 178 cm³/mol. The highest BCUT2D eigenvalue weighted by Crippen LogP contribution is 2.65. The second-order valence-electron chi connectivity index (χ2n) is 8.22. The summed E-state index contributed by atoms with van der Waals surface area (Å²) in [5.74, 6) is 0. The van der Waals surface area contributed by atoms with Crippen LogP contribution in [0.3, 0.4) is 0 Å². The van der Waals surface area contributed by atoms with Crippen LogP contribution in [-0.2, 0) is 0 Å². The molecule has 0 spiro atoms. The number of benzene rings is 2. The van der Waals surface area contributed by atoms with Gasteiger partial charge in [0.25, 0.3) is 11.7 Å². The molecule has 2 aromatic rings. The quantitative estimate of drug-likeness (QED) is 0.225. The van der Waals surface area contributed by atoms with Gasteiger partial charge < -0.3 is 0 Å². The van der Waals surface area contributed by atoms with Crippen LogP contribution in [0.25, 0.3) is 6.08 Å². The minimum atomic E-state index is -2.58. The first-order valence-electron chi connectivity index (χ1n) is 10.5. The Morgan fingerprint density at radius 2 is 1.02 bits per heavy atom. The van der Waals surface area contributed by atoms with Crippen molar-refractivity contribution in [1.29, 1.82) is 0 Å². The van der Waals surface area contributed by atoms with Gasteiger partial charge in [-0.3, -0.25) is 0 Å². The fourth-order valence-corrected chi connectivity index (χ4v) is 7.58. The van der Waals surface area contributed by atoms with Crippen molar-refractivity contribution in [2.45, 2.75) is 37.3 Å². The Labute approximate surface area is 306 Å². The topological polar surface area (TPSA) is 9.72 Å². The molecule has 40 heavy (non-hydrogen) atoms. The normalized spacial score (nSPS) is 25.1. The van der Waals surface area contributed by atoms with Gasteiger partial charge >= 0.3 is 0 Å². The fourth-order valence-electron chi connectivity index (χ4n) is 4.36. The van der Waals surface area contributed by atoms with E-state index in [2.05, 4.69) is 0 Å². The van der Waals surface area contributed by atoms with Crippen molar-refractivity contribution in [3.8, 4) is 0 Å². The summed E-state index contributed by atoms with van der Waals surface area (Å²) in [4.78, 5) is 2.96. The van der Waals surface area contributed by atoms with E-state index in [4.69, 9.17) is 174 Å². The Morgan fingerprint density at radius 3 is 1.40 bits per heavy atom. The van der Waals surface area contributed by atoms with Crippen LogP contribution < -0.4 is 0 Å². The molecular formula is C22H14Cl15N3. The molecule has 3 unspecified atom stereocenters. The number of hydrogen-bond donors (Lipinski definition) is 0. The largest absolute Gasteiger partial charge is 0.251 e. The SMILES string of the molecule is ClC(Cl)(Cl)C1N(C(Cl)(Cl)Cl)C(c2ccccc2)N(C(Cl)(Cl)Cl)C(C=Cc2ccccc2)(C(Cl)(Cl)Cl)N1C(Cl)(Cl)Cl. The molecule has 3 atom stereocenters. The minimum absolute atomic E-state index is 0.357. The van der Waals surface area contributed by atoms with E-state index in [9.17, 15) is 0 Å². The molecule has 0 radical (unpaired) electrons. The third-order valence-corrected chi connectivity index (χ3v) is 8.80. The molecule has 1 aliphatic rings. The van der Waals surface area contributed by atoms with E-state index >= 15 is 0 Å². The maximum atomic E-state index is 6.76. The molecule has 1 fully saturated rings. The summed E-state index contributed by atoms with van der Waals surface area (Å²) in [5.41, 5.74) is -1.38. The lowest BCUT2D eigenvalue weighted by molar-refractivity contribution is -0.216. The van der Waals surface area contributed by atoms with Crippen LogP contribution in [-0.4, -0.2) is 45.9 Å². The Morgan fingerprint density at radius 1 is 0.575 bits per heavy atom. The van der Waals surface area contributed by atoms with E-state index in [1.165, 1.54) is 12.2 Å². The highest BCUT2D eigenvalue weighted by Gasteiger charge is 2.75. The van der Waals surface area contributed by atoms with E-state index in [0.29, 0.717) is 11.1 Å². The summed E-state index contributed by atoms with van der Waals surface area (Å²) in [6, 6.07) is 17.2. The second-order valence-corrected chi connectivity index (χ2v) is 19.5. The van der Waals surface area contributed by atoms with Gasteiger partial charge in [-0.15, -0.1) is 0 Å². The summed E-state index contributed by atoms with van der Waals surface area (Å²) in [7, 11) is 0. The van der Waals surface area contributed by atoms with Crippen molar-refractivity contribution in [3.05, 3.63) is 77.9 Å². The minimum Gasteiger partial charge on any atom is -0.218 e. The van der Waals surface area contributed by atoms with Gasteiger partial charge in [0, 0.05) is 0 Å². The van der Waals surface area contributed by atoms with E-state index in [1.54, 1.807) is 60.7 Å². The molecule has 1 heterocycles.